The summed E-state index contributed by atoms with van der Waals surface area (Å²) < 4.78 is 18.7. The number of benzene rings is 1. The standard InChI is InChI=1S/C18H14ClFN4O/c19-15-10-14(4-5-16(15)20)11-22-24-17-2-1-3-18(23-17)25-12-13-6-8-21-9-7-13/h1-11H,12H2,(H,23,24)/b22-11+. The normalized spacial score (nSPS) is 10.8. The summed E-state index contributed by atoms with van der Waals surface area (Å²) in [5, 5.41) is 4.11. The fraction of sp³-hybridized carbons (Fsp3) is 0.0556. The van der Waals surface area contributed by atoms with Crippen molar-refractivity contribution in [2.45, 2.75) is 6.61 Å². The van der Waals surface area contributed by atoms with Crippen molar-refractivity contribution in [3.8, 4) is 5.88 Å². The topological polar surface area (TPSA) is 59.4 Å². The molecule has 2 aromatic heterocycles. The monoisotopic (exact) mass is 356 g/mol. The number of hydrogen-bond donors (Lipinski definition) is 1. The number of hydrogen-bond acceptors (Lipinski definition) is 5. The third-order valence-corrected chi connectivity index (χ3v) is 3.49. The minimum atomic E-state index is -0.465. The fourth-order valence-electron chi connectivity index (χ4n) is 1.96. The van der Waals surface area contributed by atoms with Crippen molar-refractivity contribution in [3.05, 3.63) is 82.9 Å². The fourth-order valence-corrected chi connectivity index (χ4v) is 2.15. The van der Waals surface area contributed by atoms with Crippen LogP contribution in [0.3, 0.4) is 0 Å². The zero-order chi connectivity index (χ0) is 17.5. The number of pyridine rings is 2. The summed E-state index contributed by atoms with van der Waals surface area (Å²) in [5.74, 6) is 0.533. The Bertz CT molecular complexity index is 874. The molecule has 0 aliphatic rings. The Morgan fingerprint density at radius 1 is 1.16 bits per heavy atom. The predicted octanol–water partition coefficient (Wildman–Crippen LogP) is 4.29. The molecule has 0 spiro atoms. The molecule has 2 heterocycles. The van der Waals surface area contributed by atoms with Crippen molar-refractivity contribution in [1.29, 1.82) is 0 Å². The summed E-state index contributed by atoms with van der Waals surface area (Å²) in [7, 11) is 0. The average molecular weight is 357 g/mol. The molecule has 0 unspecified atom stereocenters. The van der Waals surface area contributed by atoms with Crippen LogP contribution in [0.25, 0.3) is 0 Å². The molecule has 3 rings (SSSR count). The molecule has 25 heavy (non-hydrogen) atoms. The van der Waals surface area contributed by atoms with Gasteiger partial charge in [0.1, 0.15) is 18.2 Å². The quantitative estimate of drug-likeness (QED) is 0.528. The Balaban J connectivity index is 1.59. The lowest BCUT2D eigenvalue weighted by atomic mass is 10.2. The lowest BCUT2D eigenvalue weighted by molar-refractivity contribution is 0.294. The maximum atomic E-state index is 13.1. The van der Waals surface area contributed by atoms with Crippen LogP contribution in [-0.4, -0.2) is 16.2 Å². The summed E-state index contributed by atoms with van der Waals surface area (Å²) >= 11 is 5.73. The van der Waals surface area contributed by atoms with Gasteiger partial charge in [-0.1, -0.05) is 23.7 Å². The third-order valence-electron chi connectivity index (χ3n) is 3.20. The Labute approximate surface area is 149 Å². The van der Waals surface area contributed by atoms with Gasteiger partial charge in [0.05, 0.1) is 11.2 Å². The second-order valence-electron chi connectivity index (χ2n) is 5.05. The lowest BCUT2D eigenvalue weighted by Gasteiger charge is -2.06. The molecule has 0 saturated heterocycles. The number of halogens is 2. The van der Waals surface area contributed by atoms with E-state index in [1.807, 2.05) is 18.2 Å². The second-order valence-corrected chi connectivity index (χ2v) is 5.46. The first-order chi connectivity index (χ1) is 12.2. The molecular weight excluding hydrogens is 343 g/mol. The molecule has 0 aliphatic heterocycles. The maximum absolute atomic E-state index is 13.1. The van der Waals surface area contributed by atoms with E-state index >= 15 is 0 Å². The number of rotatable bonds is 6. The van der Waals surface area contributed by atoms with Crippen LogP contribution in [0.2, 0.25) is 5.02 Å². The highest BCUT2D eigenvalue weighted by molar-refractivity contribution is 6.31. The van der Waals surface area contributed by atoms with Gasteiger partial charge in [0.2, 0.25) is 5.88 Å². The van der Waals surface area contributed by atoms with E-state index in [0.29, 0.717) is 23.9 Å². The van der Waals surface area contributed by atoms with Gasteiger partial charge in [0.25, 0.3) is 0 Å². The van der Waals surface area contributed by atoms with E-state index in [4.69, 9.17) is 16.3 Å². The van der Waals surface area contributed by atoms with Gasteiger partial charge in [-0.2, -0.15) is 10.1 Å². The van der Waals surface area contributed by atoms with Crippen molar-refractivity contribution >= 4 is 23.6 Å². The molecule has 126 valence electrons. The Morgan fingerprint density at radius 3 is 2.80 bits per heavy atom. The molecule has 0 radical (unpaired) electrons. The number of nitrogens with zero attached hydrogens (tertiary/aromatic N) is 3. The van der Waals surface area contributed by atoms with Crippen LogP contribution in [0.4, 0.5) is 10.2 Å². The van der Waals surface area contributed by atoms with Crippen molar-refractivity contribution in [3.63, 3.8) is 0 Å². The largest absolute Gasteiger partial charge is 0.473 e. The van der Waals surface area contributed by atoms with E-state index < -0.39 is 5.82 Å². The Kier molecular flexibility index (Phi) is 5.53. The van der Waals surface area contributed by atoms with Crippen molar-refractivity contribution < 1.29 is 9.13 Å². The molecule has 0 amide bonds. The zero-order valence-electron chi connectivity index (χ0n) is 13.1. The van der Waals surface area contributed by atoms with E-state index in [2.05, 4.69) is 20.5 Å². The molecule has 0 atom stereocenters. The number of hydrazone groups is 1. The second kappa shape index (κ2) is 8.21. The van der Waals surface area contributed by atoms with E-state index in [9.17, 15) is 4.39 Å². The van der Waals surface area contributed by atoms with Gasteiger partial charge >= 0.3 is 0 Å². The van der Waals surface area contributed by atoms with Gasteiger partial charge in [-0.25, -0.2) is 4.39 Å². The summed E-state index contributed by atoms with van der Waals surface area (Å²) in [6, 6.07) is 13.4. The summed E-state index contributed by atoms with van der Waals surface area (Å²) in [6.07, 6.45) is 4.94. The van der Waals surface area contributed by atoms with Gasteiger partial charge in [0, 0.05) is 18.5 Å². The summed E-state index contributed by atoms with van der Waals surface area (Å²) in [6.45, 7) is 0.399. The third kappa shape index (κ3) is 4.99. The van der Waals surface area contributed by atoms with Crippen LogP contribution in [0.1, 0.15) is 11.1 Å². The lowest BCUT2D eigenvalue weighted by Crippen LogP contribution is -1.99. The SMILES string of the molecule is Fc1ccc(/C=N/Nc2cccc(OCc3ccncc3)n2)cc1Cl. The molecule has 0 fully saturated rings. The van der Waals surface area contributed by atoms with Crippen LogP contribution >= 0.6 is 11.6 Å². The van der Waals surface area contributed by atoms with E-state index in [0.717, 1.165) is 5.56 Å². The van der Waals surface area contributed by atoms with E-state index in [1.165, 1.54) is 18.3 Å². The smallest absolute Gasteiger partial charge is 0.215 e. The first-order valence-corrected chi connectivity index (χ1v) is 7.81. The van der Waals surface area contributed by atoms with Crippen molar-refractivity contribution in [2.24, 2.45) is 5.10 Å². The summed E-state index contributed by atoms with van der Waals surface area (Å²) in [4.78, 5) is 8.26. The molecular formula is C18H14ClFN4O. The maximum Gasteiger partial charge on any atom is 0.215 e. The van der Waals surface area contributed by atoms with Crippen LogP contribution in [0.15, 0.2) is 66.0 Å². The molecule has 5 nitrogen and oxygen atoms in total. The summed E-state index contributed by atoms with van der Waals surface area (Å²) in [5.41, 5.74) is 4.47. The number of nitrogens with one attached hydrogen (secondary N) is 1. The molecule has 3 aromatic rings. The number of aromatic nitrogens is 2. The van der Waals surface area contributed by atoms with Gasteiger partial charge in [-0.15, -0.1) is 0 Å². The number of anilines is 1. The van der Waals surface area contributed by atoms with Crippen molar-refractivity contribution in [2.75, 3.05) is 5.43 Å². The Morgan fingerprint density at radius 2 is 2.00 bits per heavy atom. The predicted molar refractivity (Wildman–Crippen MR) is 95.4 cm³/mol. The van der Waals surface area contributed by atoms with Crippen LogP contribution < -0.4 is 10.2 Å². The minimum absolute atomic E-state index is 0.0496. The van der Waals surface area contributed by atoms with Crippen LogP contribution in [0.5, 0.6) is 5.88 Å². The van der Waals surface area contributed by atoms with E-state index in [-0.39, 0.29) is 5.02 Å². The van der Waals surface area contributed by atoms with Gasteiger partial charge in [-0.3, -0.25) is 10.4 Å². The van der Waals surface area contributed by atoms with Crippen LogP contribution in [0, 0.1) is 5.82 Å². The molecule has 0 saturated carbocycles. The molecule has 1 N–H and O–H groups in total. The zero-order valence-corrected chi connectivity index (χ0v) is 13.8. The average Bonchev–Trinajstić information content (AvgIpc) is 2.64. The molecule has 0 bridgehead atoms. The van der Waals surface area contributed by atoms with E-state index in [1.54, 1.807) is 30.6 Å². The first-order valence-electron chi connectivity index (χ1n) is 7.43. The number of ether oxygens (including phenoxy) is 1. The molecule has 1 aromatic carbocycles. The van der Waals surface area contributed by atoms with Gasteiger partial charge < -0.3 is 4.74 Å². The highest BCUT2D eigenvalue weighted by atomic mass is 35.5. The molecule has 0 aliphatic carbocycles. The van der Waals surface area contributed by atoms with Crippen molar-refractivity contribution in [1.82, 2.24) is 9.97 Å². The molecule has 7 heteroatoms. The highest BCUT2D eigenvalue weighted by Gasteiger charge is 2.00. The minimum Gasteiger partial charge on any atom is -0.473 e. The highest BCUT2D eigenvalue weighted by Crippen LogP contribution is 2.15. The van der Waals surface area contributed by atoms with Crippen LogP contribution in [-0.2, 0) is 6.61 Å². The van der Waals surface area contributed by atoms with Gasteiger partial charge in [0.15, 0.2) is 0 Å². The van der Waals surface area contributed by atoms with Gasteiger partial charge in [-0.05, 0) is 41.5 Å². The Hall–Kier alpha value is -2.99. The first kappa shape index (κ1) is 16.9.